The number of nitrogens with zero attached hydrogens (tertiary/aromatic N) is 2. The first kappa shape index (κ1) is 16.3. The van der Waals surface area contributed by atoms with Crippen LogP contribution >= 0.6 is 11.6 Å². The third-order valence-electron chi connectivity index (χ3n) is 3.98. The number of esters is 1. The van der Waals surface area contributed by atoms with Gasteiger partial charge in [-0.2, -0.15) is 0 Å². The molecular weight excluding hydrogens is 318 g/mol. The smallest absolute Gasteiger partial charge is 0.357 e. The Morgan fingerprint density at radius 3 is 2.83 bits per heavy atom. The average Bonchev–Trinajstić information content (AvgIpc) is 2.80. The summed E-state index contributed by atoms with van der Waals surface area (Å²) in [7, 11) is 0. The molecule has 1 saturated heterocycles. The Labute approximate surface area is 141 Å². The van der Waals surface area contributed by atoms with Crippen LogP contribution in [-0.4, -0.2) is 47.9 Å². The summed E-state index contributed by atoms with van der Waals surface area (Å²) in [5.41, 5.74) is 1.24. The maximum atomic E-state index is 12.0. The molecule has 0 bridgehead atoms. The van der Waals surface area contributed by atoms with Crippen LogP contribution in [0.1, 0.15) is 37.7 Å². The summed E-state index contributed by atoms with van der Waals surface area (Å²) >= 11 is 6.32. The van der Waals surface area contributed by atoms with Crippen molar-refractivity contribution in [2.24, 2.45) is 0 Å². The van der Waals surface area contributed by atoms with Crippen LogP contribution in [0, 0.1) is 0 Å². The number of halogens is 1. The van der Waals surface area contributed by atoms with Crippen LogP contribution in [-0.2, 0) is 9.47 Å². The molecule has 0 aromatic carbocycles. The van der Waals surface area contributed by atoms with Gasteiger partial charge in [-0.3, -0.25) is 0 Å². The minimum absolute atomic E-state index is 0.0697. The number of carbonyl (C=O) groups excluding carboxylic acids is 1. The van der Waals surface area contributed by atoms with Crippen molar-refractivity contribution in [3.63, 3.8) is 0 Å². The number of fused-ring (bicyclic) bond motifs is 1. The van der Waals surface area contributed by atoms with Crippen molar-refractivity contribution in [2.75, 3.05) is 23.4 Å². The van der Waals surface area contributed by atoms with Crippen molar-refractivity contribution in [2.45, 2.75) is 50.9 Å². The van der Waals surface area contributed by atoms with E-state index in [2.05, 4.69) is 15.2 Å². The van der Waals surface area contributed by atoms with Crippen molar-refractivity contribution in [3.05, 3.63) is 17.8 Å². The summed E-state index contributed by atoms with van der Waals surface area (Å²) in [6.07, 6.45) is 1.04. The van der Waals surface area contributed by atoms with E-state index < -0.39 is 5.97 Å². The third kappa shape index (κ3) is 3.38. The second-order valence-corrected chi connectivity index (χ2v) is 6.91. The molecule has 1 N–H and O–H groups in total. The van der Waals surface area contributed by atoms with E-state index in [0.29, 0.717) is 11.5 Å². The van der Waals surface area contributed by atoms with E-state index >= 15 is 0 Å². The highest BCUT2D eigenvalue weighted by atomic mass is 35.5. The zero-order valence-corrected chi connectivity index (χ0v) is 14.3. The predicted molar refractivity (Wildman–Crippen MR) is 89.2 cm³/mol. The average molecular weight is 340 g/mol. The molecule has 2 aliphatic rings. The second-order valence-electron chi connectivity index (χ2n) is 6.22. The highest BCUT2D eigenvalue weighted by molar-refractivity contribution is 6.21. The van der Waals surface area contributed by atoms with E-state index in [4.69, 9.17) is 21.1 Å². The standard InChI is InChI=1S/C16H22ClN3O3/c1-9(2)23-16(21)12-4-5-13-14(18-12)19-15(10(3)17)20(13)8-11-6-7-22-11/h4-5,9-11,15H,6-8H2,1-3H3,(H,18,19)/t10-,11-,15?/m0/s1. The van der Waals surface area contributed by atoms with E-state index in [9.17, 15) is 4.79 Å². The van der Waals surface area contributed by atoms with Crippen LogP contribution in [0.5, 0.6) is 0 Å². The Morgan fingerprint density at radius 2 is 2.26 bits per heavy atom. The molecular formula is C16H22ClN3O3. The van der Waals surface area contributed by atoms with Crippen molar-refractivity contribution in [1.29, 1.82) is 0 Å². The molecule has 23 heavy (non-hydrogen) atoms. The van der Waals surface area contributed by atoms with Gasteiger partial charge in [-0.15, -0.1) is 11.6 Å². The zero-order valence-electron chi connectivity index (χ0n) is 13.6. The second kappa shape index (κ2) is 6.53. The molecule has 3 atom stereocenters. The molecule has 0 spiro atoms. The van der Waals surface area contributed by atoms with E-state index in [1.807, 2.05) is 26.8 Å². The fourth-order valence-corrected chi connectivity index (χ4v) is 2.97. The van der Waals surface area contributed by atoms with Crippen LogP contribution in [0.3, 0.4) is 0 Å². The third-order valence-corrected chi connectivity index (χ3v) is 4.22. The molecule has 1 fully saturated rings. The van der Waals surface area contributed by atoms with Crippen molar-refractivity contribution in [1.82, 2.24) is 4.98 Å². The van der Waals surface area contributed by atoms with Crippen LogP contribution in [0.15, 0.2) is 12.1 Å². The molecule has 7 heteroatoms. The SMILES string of the molecule is CC(C)OC(=O)c1ccc2c(n1)NC([C@H](C)Cl)N2C[C@@H]1CCO1. The first-order chi connectivity index (χ1) is 11.0. The van der Waals surface area contributed by atoms with Crippen molar-refractivity contribution in [3.8, 4) is 0 Å². The van der Waals surface area contributed by atoms with Crippen molar-refractivity contribution < 1.29 is 14.3 Å². The Balaban J connectivity index is 1.82. The van der Waals surface area contributed by atoms with Gasteiger partial charge in [-0.1, -0.05) is 0 Å². The van der Waals surface area contributed by atoms with Crippen LogP contribution in [0.25, 0.3) is 0 Å². The van der Waals surface area contributed by atoms with E-state index in [1.165, 1.54) is 0 Å². The Kier molecular flexibility index (Phi) is 4.64. The summed E-state index contributed by atoms with van der Waals surface area (Å²) in [5.74, 6) is 0.251. The maximum Gasteiger partial charge on any atom is 0.357 e. The van der Waals surface area contributed by atoms with Crippen molar-refractivity contribution >= 4 is 29.1 Å². The summed E-state index contributed by atoms with van der Waals surface area (Å²) in [5, 5.41) is 3.19. The topological polar surface area (TPSA) is 63.7 Å². The number of carbonyl (C=O) groups is 1. The molecule has 1 unspecified atom stereocenters. The Hall–Kier alpha value is -1.53. The molecule has 0 saturated carbocycles. The number of alkyl halides is 1. The molecule has 6 nitrogen and oxygen atoms in total. The van der Waals surface area contributed by atoms with Gasteiger partial charge >= 0.3 is 5.97 Å². The summed E-state index contributed by atoms with van der Waals surface area (Å²) in [4.78, 5) is 18.6. The molecule has 3 rings (SSSR count). The monoisotopic (exact) mass is 339 g/mol. The lowest BCUT2D eigenvalue weighted by atomic mass is 10.1. The lowest BCUT2D eigenvalue weighted by Gasteiger charge is -2.35. The molecule has 0 aliphatic carbocycles. The number of hydrogen-bond acceptors (Lipinski definition) is 6. The minimum Gasteiger partial charge on any atom is -0.458 e. The lowest BCUT2D eigenvalue weighted by molar-refractivity contribution is -0.0449. The molecule has 3 heterocycles. The first-order valence-electron chi connectivity index (χ1n) is 7.96. The highest BCUT2D eigenvalue weighted by Crippen LogP contribution is 2.36. The van der Waals surface area contributed by atoms with Gasteiger partial charge in [0.05, 0.1) is 23.3 Å². The van der Waals surface area contributed by atoms with Crippen LogP contribution in [0.2, 0.25) is 0 Å². The van der Waals surface area contributed by atoms with E-state index in [-0.39, 0.29) is 23.8 Å². The summed E-state index contributed by atoms with van der Waals surface area (Å²) < 4.78 is 10.7. The first-order valence-corrected chi connectivity index (χ1v) is 8.40. The largest absolute Gasteiger partial charge is 0.458 e. The quantitative estimate of drug-likeness (QED) is 0.657. The molecule has 0 amide bonds. The Bertz CT molecular complexity index is 590. The fraction of sp³-hybridized carbons (Fsp3) is 0.625. The van der Waals surface area contributed by atoms with Gasteiger partial charge in [0.2, 0.25) is 0 Å². The van der Waals surface area contributed by atoms with Gasteiger partial charge < -0.3 is 19.7 Å². The molecule has 1 aromatic heterocycles. The predicted octanol–water partition coefficient (Wildman–Crippen LogP) is 2.62. The molecule has 0 radical (unpaired) electrons. The zero-order chi connectivity index (χ0) is 16.6. The van der Waals surface area contributed by atoms with Gasteiger partial charge in [0.15, 0.2) is 11.5 Å². The van der Waals surface area contributed by atoms with Gasteiger partial charge in [0, 0.05) is 13.2 Å². The highest BCUT2D eigenvalue weighted by Gasteiger charge is 2.36. The number of rotatable bonds is 5. The molecule has 126 valence electrons. The Morgan fingerprint density at radius 1 is 1.52 bits per heavy atom. The minimum atomic E-state index is -0.416. The maximum absolute atomic E-state index is 12.0. The number of pyridine rings is 1. The van der Waals surface area contributed by atoms with Crippen LogP contribution < -0.4 is 10.2 Å². The van der Waals surface area contributed by atoms with Gasteiger partial charge in [-0.05, 0) is 39.3 Å². The fourth-order valence-electron chi connectivity index (χ4n) is 2.77. The number of hydrogen-bond donors (Lipinski definition) is 1. The number of aromatic nitrogens is 1. The number of nitrogens with one attached hydrogen (secondary N) is 1. The summed E-state index contributed by atoms with van der Waals surface area (Å²) in [6.45, 7) is 7.15. The van der Waals surface area contributed by atoms with Gasteiger partial charge in [0.25, 0.3) is 0 Å². The summed E-state index contributed by atoms with van der Waals surface area (Å²) in [6, 6.07) is 3.59. The normalized spacial score (nSPS) is 24.0. The number of ether oxygens (including phenoxy) is 2. The lowest BCUT2D eigenvalue weighted by Crippen LogP contribution is -2.48. The van der Waals surface area contributed by atoms with Crippen LogP contribution in [0.4, 0.5) is 11.5 Å². The molecule has 2 aliphatic heterocycles. The number of anilines is 2. The molecule has 1 aromatic rings. The van der Waals surface area contributed by atoms with Gasteiger partial charge in [-0.25, -0.2) is 9.78 Å². The van der Waals surface area contributed by atoms with E-state index in [1.54, 1.807) is 6.07 Å². The van der Waals surface area contributed by atoms with E-state index in [0.717, 1.165) is 25.3 Å². The van der Waals surface area contributed by atoms with Gasteiger partial charge in [0.1, 0.15) is 6.17 Å².